The van der Waals surface area contributed by atoms with Crippen LogP contribution >= 0.6 is 11.8 Å². The van der Waals surface area contributed by atoms with E-state index in [1.807, 2.05) is 0 Å². The van der Waals surface area contributed by atoms with Crippen LogP contribution < -0.4 is 5.32 Å². The second kappa shape index (κ2) is 7.78. The van der Waals surface area contributed by atoms with Crippen LogP contribution in [0.1, 0.15) is 5.56 Å². The fraction of sp³-hybridized carbons (Fsp3) is 0.118. The van der Waals surface area contributed by atoms with Gasteiger partial charge < -0.3 is 9.73 Å². The van der Waals surface area contributed by atoms with E-state index in [-0.39, 0.29) is 28.1 Å². The first-order valence-electron chi connectivity index (χ1n) is 7.51. The lowest BCUT2D eigenvalue weighted by molar-refractivity contribution is -0.137. The van der Waals surface area contributed by atoms with Crippen molar-refractivity contribution < 1.29 is 26.8 Å². The van der Waals surface area contributed by atoms with E-state index in [2.05, 4.69) is 15.5 Å². The van der Waals surface area contributed by atoms with Gasteiger partial charge in [0.1, 0.15) is 5.82 Å². The van der Waals surface area contributed by atoms with Crippen LogP contribution in [0, 0.1) is 5.82 Å². The van der Waals surface area contributed by atoms with Crippen molar-refractivity contribution in [3.8, 4) is 11.5 Å². The predicted octanol–water partition coefficient (Wildman–Crippen LogP) is 4.63. The van der Waals surface area contributed by atoms with Crippen LogP contribution in [0.4, 0.5) is 23.2 Å². The molecule has 0 spiro atoms. The molecule has 2 aromatic carbocycles. The first-order valence-corrected chi connectivity index (χ1v) is 8.50. The number of carbonyl (C=O) groups excluding carboxylic acids is 1. The molecule has 1 N–H and O–H groups in total. The molecule has 0 atom stereocenters. The van der Waals surface area contributed by atoms with E-state index in [4.69, 9.17) is 4.42 Å². The standard InChI is InChI=1S/C17H11F4N3O2S/c18-13-7-2-1-6-12(13)15-23-24-16(26-15)27-9-14(25)22-11-5-3-4-10(8-11)17(19,20)21/h1-8H,9H2,(H,22,25). The number of benzene rings is 2. The minimum absolute atomic E-state index is 0.0213. The van der Waals surface area contributed by atoms with Crippen LogP contribution in [0.25, 0.3) is 11.5 Å². The Morgan fingerprint density at radius 3 is 2.63 bits per heavy atom. The molecule has 27 heavy (non-hydrogen) atoms. The van der Waals surface area contributed by atoms with Crippen LogP contribution in [0.3, 0.4) is 0 Å². The molecule has 1 aromatic heterocycles. The Morgan fingerprint density at radius 1 is 1.11 bits per heavy atom. The summed E-state index contributed by atoms with van der Waals surface area (Å²) < 4.78 is 57.0. The lowest BCUT2D eigenvalue weighted by Crippen LogP contribution is -2.15. The molecule has 0 unspecified atom stereocenters. The maximum Gasteiger partial charge on any atom is 0.416 e. The number of halogens is 4. The van der Waals surface area contributed by atoms with E-state index >= 15 is 0 Å². The van der Waals surface area contributed by atoms with Gasteiger partial charge in [-0.1, -0.05) is 30.0 Å². The largest absolute Gasteiger partial charge is 0.416 e. The maximum absolute atomic E-state index is 13.7. The van der Waals surface area contributed by atoms with E-state index in [1.54, 1.807) is 6.07 Å². The van der Waals surface area contributed by atoms with Crippen molar-refractivity contribution in [3.05, 3.63) is 59.9 Å². The molecular weight excluding hydrogens is 386 g/mol. The summed E-state index contributed by atoms with van der Waals surface area (Å²) in [6.45, 7) is 0. The first kappa shape index (κ1) is 18.9. The average molecular weight is 397 g/mol. The summed E-state index contributed by atoms with van der Waals surface area (Å²) >= 11 is 0.882. The van der Waals surface area contributed by atoms with Gasteiger partial charge >= 0.3 is 6.18 Å². The molecule has 0 fully saturated rings. The lowest BCUT2D eigenvalue weighted by Gasteiger charge is -2.09. The summed E-state index contributed by atoms with van der Waals surface area (Å²) in [6.07, 6.45) is -4.50. The number of aromatic nitrogens is 2. The molecular formula is C17H11F4N3O2S. The zero-order valence-corrected chi connectivity index (χ0v) is 14.3. The van der Waals surface area contributed by atoms with Gasteiger partial charge in [0, 0.05) is 5.69 Å². The number of alkyl halides is 3. The highest BCUT2D eigenvalue weighted by molar-refractivity contribution is 7.99. The van der Waals surface area contributed by atoms with Crippen molar-refractivity contribution in [2.75, 3.05) is 11.1 Å². The number of hydrogen-bond acceptors (Lipinski definition) is 5. The van der Waals surface area contributed by atoms with Crippen LogP contribution in [-0.4, -0.2) is 21.9 Å². The number of amides is 1. The molecule has 1 amide bonds. The Kier molecular flexibility index (Phi) is 5.45. The third kappa shape index (κ3) is 4.85. The van der Waals surface area contributed by atoms with E-state index in [9.17, 15) is 22.4 Å². The Bertz CT molecular complexity index is 959. The molecule has 0 aliphatic rings. The molecule has 0 saturated heterocycles. The van der Waals surface area contributed by atoms with Crippen molar-refractivity contribution >= 4 is 23.4 Å². The molecule has 3 rings (SSSR count). The smallest absolute Gasteiger partial charge is 0.411 e. The van der Waals surface area contributed by atoms with Crippen molar-refractivity contribution in [2.45, 2.75) is 11.4 Å². The van der Waals surface area contributed by atoms with Gasteiger partial charge in [-0.25, -0.2) is 4.39 Å². The van der Waals surface area contributed by atoms with Gasteiger partial charge in [-0.2, -0.15) is 13.2 Å². The number of anilines is 1. The normalized spacial score (nSPS) is 11.4. The Morgan fingerprint density at radius 2 is 1.89 bits per heavy atom. The topological polar surface area (TPSA) is 68.0 Å². The molecule has 0 bridgehead atoms. The summed E-state index contributed by atoms with van der Waals surface area (Å²) in [5.41, 5.74) is -0.711. The summed E-state index contributed by atoms with van der Waals surface area (Å²) in [7, 11) is 0. The van der Waals surface area contributed by atoms with E-state index in [0.29, 0.717) is 0 Å². The predicted molar refractivity (Wildman–Crippen MR) is 90.5 cm³/mol. The van der Waals surface area contributed by atoms with Crippen LogP contribution in [-0.2, 0) is 11.0 Å². The molecule has 1 heterocycles. The summed E-state index contributed by atoms with van der Waals surface area (Å²) in [4.78, 5) is 11.9. The highest BCUT2D eigenvalue weighted by atomic mass is 32.2. The molecule has 10 heteroatoms. The molecule has 0 aliphatic carbocycles. The van der Waals surface area contributed by atoms with Crippen molar-refractivity contribution in [1.82, 2.24) is 10.2 Å². The van der Waals surface area contributed by atoms with E-state index in [0.717, 1.165) is 23.9 Å². The number of nitrogens with one attached hydrogen (secondary N) is 1. The van der Waals surface area contributed by atoms with Crippen LogP contribution in [0.2, 0.25) is 0 Å². The van der Waals surface area contributed by atoms with Crippen molar-refractivity contribution in [2.24, 2.45) is 0 Å². The third-order valence-electron chi connectivity index (χ3n) is 3.31. The lowest BCUT2D eigenvalue weighted by atomic mass is 10.2. The summed E-state index contributed by atoms with van der Waals surface area (Å²) in [5.74, 6) is -1.28. The second-order valence-electron chi connectivity index (χ2n) is 5.27. The fourth-order valence-corrected chi connectivity index (χ4v) is 2.67. The summed E-state index contributed by atoms with van der Waals surface area (Å²) in [5, 5.41) is 9.82. The highest BCUT2D eigenvalue weighted by Gasteiger charge is 2.30. The number of carbonyl (C=O) groups is 1. The molecule has 5 nitrogen and oxygen atoms in total. The number of rotatable bonds is 5. The van der Waals surface area contributed by atoms with E-state index in [1.165, 1.54) is 30.3 Å². The van der Waals surface area contributed by atoms with Gasteiger partial charge in [0.05, 0.1) is 16.9 Å². The Hall–Kier alpha value is -2.88. The van der Waals surface area contributed by atoms with Gasteiger partial charge in [0.15, 0.2) is 0 Å². The van der Waals surface area contributed by atoms with Gasteiger partial charge in [0.25, 0.3) is 11.1 Å². The zero-order chi connectivity index (χ0) is 19.4. The molecule has 0 aliphatic heterocycles. The SMILES string of the molecule is O=C(CSc1nnc(-c2ccccc2F)o1)Nc1cccc(C(F)(F)F)c1. The monoisotopic (exact) mass is 397 g/mol. The van der Waals surface area contributed by atoms with Crippen LogP contribution in [0.5, 0.6) is 0 Å². The first-order chi connectivity index (χ1) is 12.8. The zero-order valence-electron chi connectivity index (χ0n) is 13.5. The Balaban J connectivity index is 1.60. The summed E-state index contributed by atoms with van der Waals surface area (Å²) in [6, 6.07) is 10.1. The van der Waals surface area contributed by atoms with Gasteiger partial charge in [-0.15, -0.1) is 10.2 Å². The number of thioether (sulfide) groups is 1. The molecule has 3 aromatic rings. The minimum atomic E-state index is -4.50. The maximum atomic E-state index is 13.7. The molecule has 0 saturated carbocycles. The molecule has 0 radical (unpaired) electrons. The highest BCUT2D eigenvalue weighted by Crippen LogP contribution is 2.31. The Labute approximate surface area is 154 Å². The third-order valence-corrected chi connectivity index (χ3v) is 4.13. The van der Waals surface area contributed by atoms with Gasteiger partial charge in [0.2, 0.25) is 5.91 Å². The van der Waals surface area contributed by atoms with Crippen LogP contribution in [0.15, 0.2) is 58.2 Å². The van der Waals surface area contributed by atoms with Crippen molar-refractivity contribution in [1.29, 1.82) is 0 Å². The van der Waals surface area contributed by atoms with E-state index < -0.39 is 23.5 Å². The quantitative estimate of drug-likeness (QED) is 0.502. The fourth-order valence-electron chi connectivity index (χ4n) is 2.11. The second-order valence-corrected chi connectivity index (χ2v) is 6.19. The van der Waals surface area contributed by atoms with Gasteiger partial charge in [-0.05, 0) is 30.3 Å². The average Bonchev–Trinajstić information content (AvgIpc) is 3.09. The number of hydrogen-bond donors (Lipinski definition) is 1. The number of nitrogens with zero attached hydrogens (tertiary/aromatic N) is 2. The molecule has 140 valence electrons. The van der Waals surface area contributed by atoms with Gasteiger partial charge in [-0.3, -0.25) is 4.79 Å². The minimum Gasteiger partial charge on any atom is -0.411 e. The van der Waals surface area contributed by atoms with Crippen molar-refractivity contribution in [3.63, 3.8) is 0 Å².